The first kappa shape index (κ1) is 22.1. The first-order valence-corrected chi connectivity index (χ1v) is 11.1. The lowest BCUT2D eigenvalue weighted by atomic mass is 10.2. The van der Waals surface area contributed by atoms with Crippen molar-refractivity contribution in [2.24, 2.45) is 0 Å². The Kier molecular flexibility index (Phi) is 7.65. The Hall–Kier alpha value is -2.64. The molecule has 1 heterocycles. The highest BCUT2D eigenvalue weighted by Gasteiger charge is 2.22. The number of carbonyl (C=O) groups excluding carboxylic acids is 1. The molecule has 0 saturated carbocycles. The van der Waals surface area contributed by atoms with E-state index in [1.54, 1.807) is 12.0 Å². The number of anilines is 1. The molecule has 0 fully saturated rings. The molecule has 0 atom stereocenters. The molecular formula is C23H30N3O3S+. The maximum atomic E-state index is 13.4. The summed E-state index contributed by atoms with van der Waals surface area (Å²) in [5.74, 6) is 1.41. The van der Waals surface area contributed by atoms with Crippen molar-refractivity contribution in [3.63, 3.8) is 0 Å². The lowest BCUT2D eigenvalue weighted by Gasteiger charge is -2.21. The molecule has 1 amide bonds. The monoisotopic (exact) mass is 428 g/mol. The molecular weight excluding hydrogens is 398 g/mol. The van der Waals surface area contributed by atoms with E-state index in [-0.39, 0.29) is 5.91 Å². The van der Waals surface area contributed by atoms with Gasteiger partial charge in [-0.15, -0.1) is 0 Å². The van der Waals surface area contributed by atoms with Gasteiger partial charge in [0, 0.05) is 11.6 Å². The second-order valence-corrected chi connectivity index (χ2v) is 8.48. The predicted octanol–water partition coefficient (Wildman–Crippen LogP) is 3.28. The van der Waals surface area contributed by atoms with Gasteiger partial charge in [-0.05, 0) is 36.8 Å². The maximum absolute atomic E-state index is 13.4. The van der Waals surface area contributed by atoms with Gasteiger partial charge in [-0.1, -0.05) is 30.7 Å². The lowest BCUT2D eigenvalue weighted by molar-refractivity contribution is -0.856. The van der Waals surface area contributed by atoms with Gasteiger partial charge in [-0.3, -0.25) is 9.69 Å². The Morgan fingerprint density at radius 3 is 2.73 bits per heavy atom. The van der Waals surface area contributed by atoms with Gasteiger partial charge in [-0.2, -0.15) is 0 Å². The molecule has 7 heteroatoms. The van der Waals surface area contributed by atoms with Gasteiger partial charge in [-0.25, -0.2) is 4.98 Å². The molecule has 6 nitrogen and oxygen atoms in total. The van der Waals surface area contributed by atoms with Crippen molar-refractivity contribution in [1.82, 2.24) is 4.98 Å². The average Bonchev–Trinajstić information content (AvgIpc) is 3.16. The second kappa shape index (κ2) is 10.4. The van der Waals surface area contributed by atoms with Crippen LogP contribution in [0.15, 0.2) is 42.5 Å². The highest BCUT2D eigenvalue weighted by atomic mass is 32.1. The van der Waals surface area contributed by atoms with Gasteiger partial charge >= 0.3 is 0 Å². The molecule has 0 saturated heterocycles. The molecule has 0 aliphatic heterocycles. The number of likely N-dealkylation sites (N-methyl/N-ethyl adjacent to an activating group) is 1. The van der Waals surface area contributed by atoms with Crippen molar-refractivity contribution in [2.45, 2.75) is 19.8 Å². The summed E-state index contributed by atoms with van der Waals surface area (Å²) in [7, 11) is 5.79. The number of rotatable bonds is 10. The van der Waals surface area contributed by atoms with E-state index in [0.29, 0.717) is 23.8 Å². The van der Waals surface area contributed by atoms with Crippen LogP contribution in [-0.2, 0) is 0 Å². The SMILES string of the molecule is CCCCOc1cccc(C(=O)N(CC[NH+](C)C)c2nc3cc(OC)ccc3s2)c1. The van der Waals surface area contributed by atoms with E-state index in [9.17, 15) is 4.79 Å². The Labute approximate surface area is 182 Å². The van der Waals surface area contributed by atoms with Crippen LogP contribution in [0.1, 0.15) is 30.1 Å². The zero-order valence-corrected chi connectivity index (χ0v) is 18.9. The maximum Gasteiger partial charge on any atom is 0.260 e. The Balaban J connectivity index is 1.89. The minimum absolute atomic E-state index is 0.0665. The molecule has 3 rings (SSSR count). The number of benzene rings is 2. The van der Waals surface area contributed by atoms with Crippen LogP contribution in [0.5, 0.6) is 11.5 Å². The molecule has 0 aliphatic rings. The standard InChI is InChI=1S/C23H29N3O3S/c1-5-6-14-29-19-9-7-8-17(15-19)22(27)26(13-12-25(2)3)23-24-20-16-18(28-4)10-11-21(20)30-23/h7-11,15-16H,5-6,12-14H2,1-4H3/p+1. The number of quaternary nitrogens is 1. The summed E-state index contributed by atoms with van der Waals surface area (Å²) >= 11 is 1.52. The van der Waals surface area contributed by atoms with Gasteiger partial charge in [0.1, 0.15) is 11.5 Å². The molecule has 1 N–H and O–H groups in total. The fourth-order valence-electron chi connectivity index (χ4n) is 2.97. The molecule has 1 aromatic heterocycles. The van der Waals surface area contributed by atoms with E-state index < -0.39 is 0 Å². The van der Waals surface area contributed by atoms with Crippen molar-refractivity contribution in [2.75, 3.05) is 45.8 Å². The molecule has 0 spiro atoms. The third kappa shape index (κ3) is 5.49. The van der Waals surface area contributed by atoms with E-state index >= 15 is 0 Å². The first-order chi connectivity index (χ1) is 14.5. The predicted molar refractivity (Wildman–Crippen MR) is 122 cm³/mol. The zero-order valence-electron chi connectivity index (χ0n) is 18.1. The van der Waals surface area contributed by atoms with Crippen molar-refractivity contribution in [3.8, 4) is 11.5 Å². The molecule has 0 bridgehead atoms. The van der Waals surface area contributed by atoms with Crippen LogP contribution in [0.25, 0.3) is 10.2 Å². The largest absolute Gasteiger partial charge is 0.497 e. The number of amides is 1. The van der Waals surface area contributed by atoms with E-state index in [4.69, 9.17) is 14.5 Å². The summed E-state index contributed by atoms with van der Waals surface area (Å²) in [6.45, 7) is 4.18. The summed E-state index contributed by atoms with van der Waals surface area (Å²) in [6.07, 6.45) is 2.06. The first-order valence-electron chi connectivity index (χ1n) is 10.3. The van der Waals surface area contributed by atoms with Gasteiger partial charge < -0.3 is 14.4 Å². The minimum Gasteiger partial charge on any atom is -0.497 e. The highest BCUT2D eigenvalue weighted by molar-refractivity contribution is 7.22. The van der Waals surface area contributed by atoms with Crippen molar-refractivity contribution < 1.29 is 19.2 Å². The quantitative estimate of drug-likeness (QED) is 0.504. The number of methoxy groups -OCH3 is 1. The van der Waals surface area contributed by atoms with E-state index in [1.807, 2.05) is 42.5 Å². The number of hydrogen-bond acceptors (Lipinski definition) is 5. The van der Waals surface area contributed by atoms with Crippen molar-refractivity contribution >= 4 is 32.6 Å². The fourth-order valence-corrected chi connectivity index (χ4v) is 3.94. The topological polar surface area (TPSA) is 56.1 Å². The zero-order chi connectivity index (χ0) is 21.5. The van der Waals surface area contributed by atoms with E-state index in [2.05, 4.69) is 21.0 Å². The molecule has 160 valence electrons. The van der Waals surface area contributed by atoms with Gasteiger partial charge in [0.05, 0.1) is 51.1 Å². The number of aromatic nitrogens is 1. The fraction of sp³-hybridized carbons (Fsp3) is 0.391. The number of ether oxygens (including phenoxy) is 2. The number of unbranched alkanes of at least 4 members (excludes halogenated alkanes) is 1. The summed E-state index contributed by atoms with van der Waals surface area (Å²) < 4.78 is 12.1. The molecule has 0 radical (unpaired) electrons. The van der Waals surface area contributed by atoms with Crippen LogP contribution in [0, 0.1) is 0 Å². The van der Waals surface area contributed by atoms with Crippen LogP contribution >= 0.6 is 11.3 Å². The summed E-state index contributed by atoms with van der Waals surface area (Å²) in [5, 5.41) is 0.696. The number of fused-ring (bicyclic) bond motifs is 1. The van der Waals surface area contributed by atoms with Crippen LogP contribution < -0.4 is 19.3 Å². The average molecular weight is 429 g/mol. The van der Waals surface area contributed by atoms with Crippen LogP contribution in [0.2, 0.25) is 0 Å². The van der Waals surface area contributed by atoms with Crippen LogP contribution in [0.4, 0.5) is 5.13 Å². The summed E-state index contributed by atoms with van der Waals surface area (Å²) in [5.41, 5.74) is 1.44. The lowest BCUT2D eigenvalue weighted by Crippen LogP contribution is -3.06. The summed E-state index contributed by atoms with van der Waals surface area (Å²) in [4.78, 5) is 21.2. The van der Waals surface area contributed by atoms with Crippen molar-refractivity contribution in [1.29, 1.82) is 0 Å². The number of carbonyl (C=O) groups is 1. The highest BCUT2D eigenvalue weighted by Crippen LogP contribution is 2.32. The smallest absolute Gasteiger partial charge is 0.260 e. The second-order valence-electron chi connectivity index (χ2n) is 7.47. The van der Waals surface area contributed by atoms with E-state index in [0.717, 1.165) is 41.1 Å². The minimum atomic E-state index is -0.0665. The van der Waals surface area contributed by atoms with E-state index in [1.165, 1.54) is 16.2 Å². The molecule has 2 aromatic carbocycles. The van der Waals surface area contributed by atoms with Crippen LogP contribution in [0.3, 0.4) is 0 Å². The number of nitrogens with one attached hydrogen (secondary N) is 1. The van der Waals surface area contributed by atoms with Gasteiger partial charge in [0.2, 0.25) is 0 Å². The molecule has 30 heavy (non-hydrogen) atoms. The normalized spacial score (nSPS) is 11.1. The Morgan fingerprint density at radius 2 is 2.00 bits per heavy atom. The summed E-state index contributed by atoms with van der Waals surface area (Å²) in [6, 6.07) is 13.2. The van der Waals surface area contributed by atoms with Crippen molar-refractivity contribution in [3.05, 3.63) is 48.0 Å². The Morgan fingerprint density at radius 1 is 1.17 bits per heavy atom. The number of thiazole rings is 1. The van der Waals surface area contributed by atoms with Gasteiger partial charge in [0.25, 0.3) is 5.91 Å². The Bertz CT molecular complexity index is 987. The molecule has 3 aromatic rings. The van der Waals surface area contributed by atoms with Crippen LogP contribution in [-0.4, -0.2) is 51.8 Å². The third-order valence-corrected chi connectivity index (χ3v) is 5.80. The molecule has 0 aliphatic carbocycles. The van der Waals surface area contributed by atoms with Gasteiger partial charge in [0.15, 0.2) is 5.13 Å². The number of nitrogens with zero attached hydrogens (tertiary/aromatic N) is 2. The number of hydrogen-bond donors (Lipinski definition) is 1. The third-order valence-electron chi connectivity index (χ3n) is 4.74. The molecule has 0 unspecified atom stereocenters.